The summed E-state index contributed by atoms with van der Waals surface area (Å²) in [4.78, 5) is -0.0583. The zero-order chi connectivity index (χ0) is 15.1. The van der Waals surface area contributed by atoms with Gasteiger partial charge >= 0.3 is 0 Å². The SMILES string of the molecule is Cc1cc(NS(=O)(=O)c2c(C)cc(F)c(N)c2C)no1. The molecule has 3 N–H and O–H groups in total. The van der Waals surface area contributed by atoms with Crippen LogP contribution in [0.1, 0.15) is 16.9 Å². The number of nitrogens with zero attached hydrogens (tertiary/aromatic N) is 1. The van der Waals surface area contributed by atoms with Crippen molar-refractivity contribution in [2.75, 3.05) is 10.5 Å². The highest BCUT2D eigenvalue weighted by molar-refractivity contribution is 7.92. The quantitative estimate of drug-likeness (QED) is 0.846. The van der Waals surface area contributed by atoms with E-state index in [0.29, 0.717) is 5.76 Å². The lowest BCUT2D eigenvalue weighted by Crippen LogP contribution is -2.17. The maximum atomic E-state index is 13.5. The molecule has 0 spiro atoms. The molecule has 0 fully saturated rings. The molecule has 0 aliphatic rings. The van der Waals surface area contributed by atoms with E-state index < -0.39 is 15.8 Å². The van der Waals surface area contributed by atoms with Crippen molar-refractivity contribution in [3.8, 4) is 0 Å². The van der Waals surface area contributed by atoms with Crippen molar-refractivity contribution in [1.82, 2.24) is 5.16 Å². The summed E-state index contributed by atoms with van der Waals surface area (Å²) < 4.78 is 45.2. The first-order chi connectivity index (χ1) is 9.22. The summed E-state index contributed by atoms with van der Waals surface area (Å²) in [6.45, 7) is 4.59. The topological polar surface area (TPSA) is 98.2 Å². The summed E-state index contributed by atoms with van der Waals surface area (Å²) in [6.07, 6.45) is 0. The number of hydrogen-bond acceptors (Lipinski definition) is 5. The Hall–Kier alpha value is -2.09. The lowest BCUT2D eigenvalue weighted by atomic mass is 10.1. The van der Waals surface area contributed by atoms with Gasteiger partial charge in [-0.25, -0.2) is 12.8 Å². The normalized spacial score (nSPS) is 11.6. The highest BCUT2D eigenvalue weighted by Gasteiger charge is 2.24. The Morgan fingerprint density at radius 3 is 2.50 bits per heavy atom. The largest absolute Gasteiger partial charge is 0.396 e. The predicted molar refractivity (Wildman–Crippen MR) is 72.3 cm³/mol. The van der Waals surface area contributed by atoms with Crippen LogP contribution in [0.3, 0.4) is 0 Å². The van der Waals surface area contributed by atoms with E-state index in [0.717, 1.165) is 6.07 Å². The number of hydrogen-bond donors (Lipinski definition) is 2. The van der Waals surface area contributed by atoms with Crippen LogP contribution in [0.25, 0.3) is 0 Å². The van der Waals surface area contributed by atoms with E-state index in [1.54, 1.807) is 6.92 Å². The summed E-state index contributed by atoms with van der Waals surface area (Å²) in [5, 5.41) is 3.56. The lowest BCUT2D eigenvalue weighted by molar-refractivity contribution is 0.400. The van der Waals surface area contributed by atoms with Gasteiger partial charge in [0.05, 0.1) is 10.6 Å². The van der Waals surface area contributed by atoms with Crippen LogP contribution in [0.4, 0.5) is 15.9 Å². The third kappa shape index (κ3) is 2.46. The third-order valence-electron chi connectivity index (χ3n) is 2.84. The number of nitrogens with one attached hydrogen (secondary N) is 1. The van der Waals surface area contributed by atoms with E-state index in [9.17, 15) is 12.8 Å². The van der Waals surface area contributed by atoms with Gasteiger partial charge in [-0.15, -0.1) is 0 Å². The number of aryl methyl sites for hydroxylation is 2. The van der Waals surface area contributed by atoms with Gasteiger partial charge in [0, 0.05) is 6.07 Å². The van der Waals surface area contributed by atoms with Gasteiger partial charge in [0.15, 0.2) is 5.82 Å². The molecule has 0 bridgehead atoms. The first-order valence-electron chi connectivity index (χ1n) is 5.73. The number of anilines is 2. The average Bonchev–Trinajstić information content (AvgIpc) is 2.70. The highest BCUT2D eigenvalue weighted by atomic mass is 32.2. The Balaban J connectivity index is 2.52. The van der Waals surface area contributed by atoms with Crippen LogP contribution in [0.5, 0.6) is 0 Å². The van der Waals surface area contributed by atoms with Crippen LogP contribution in [0.2, 0.25) is 0 Å². The zero-order valence-corrected chi connectivity index (χ0v) is 12.0. The van der Waals surface area contributed by atoms with Gasteiger partial charge < -0.3 is 10.3 Å². The predicted octanol–water partition coefficient (Wildman–Crippen LogP) is 2.12. The van der Waals surface area contributed by atoms with Crippen molar-refractivity contribution < 1.29 is 17.3 Å². The number of rotatable bonds is 3. The van der Waals surface area contributed by atoms with Crippen molar-refractivity contribution >= 4 is 21.5 Å². The smallest absolute Gasteiger partial charge is 0.263 e. The summed E-state index contributed by atoms with van der Waals surface area (Å²) in [5.74, 6) is -0.116. The second-order valence-corrected chi connectivity index (χ2v) is 6.09. The minimum absolute atomic E-state index is 0.0583. The molecule has 20 heavy (non-hydrogen) atoms. The average molecular weight is 299 g/mol. The first-order valence-corrected chi connectivity index (χ1v) is 7.22. The van der Waals surface area contributed by atoms with Crippen molar-refractivity contribution in [3.05, 3.63) is 34.8 Å². The Kier molecular flexibility index (Phi) is 3.43. The summed E-state index contributed by atoms with van der Waals surface area (Å²) in [6, 6.07) is 2.53. The van der Waals surface area contributed by atoms with Crippen LogP contribution in [0.15, 0.2) is 21.6 Å². The van der Waals surface area contributed by atoms with Crippen LogP contribution in [-0.4, -0.2) is 13.6 Å². The van der Waals surface area contributed by atoms with E-state index in [2.05, 4.69) is 9.88 Å². The zero-order valence-electron chi connectivity index (χ0n) is 11.2. The summed E-state index contributed by atoms with van der Waals surface area (Å²) in [7, 11) is -3.92. The van der Waals surface area contributed by atoms with Gasteiger partial charge in [-0.05, 0) is 38.0 Å². The first kappa shape index (κ1) is 14.3. The molecule has 1 heterocycles. The number of halogens is 1. The lowest BCUT2D eigenvalue weighted by Gasteiger charge is -2.13. The molecule has 8 heteroatoms. The molecule has 6 nitrogen and oxygen atoms in total. The fourth-order valence-electron chi connectivity index (χ4n) is 1.95. The fourth-order valence-corrected chi connectivity index (χ4v) is 3.42. The number of benzene rings is 1. The Morgan fingerprint density at radius 2 is 1.95 bits per heavy atom. The molecule has 0 unspecified atom stereocenters. The standard InChI is InChI=1S/C12H14FN3O3S/c1-6-4-9(13)11(14)8(3)12(6)20(17,18)16-10-5-7(2)19-15-10/h4-5H,14H2,1-3H3,(H,15,16). The van der Waals surface area contributed by atoms with Crippen molar-refractivity contribution in [1.29, 1.82) is 0 Å². The van der Waals surface area contributed by atoms with Gasteiger partial charge in [-0.3, -0.25) is 4.72 Å². The van der Waals surface area contributed by atoms with Gasteiger partial charge in [0.2, 0.25) is 0 Å². The minimum Gasteiger partial charge on any atom is -0.396 e. The van der Waals surface area contributed by atoms with E-state index in [4.69, 9.17) is 10.3 Å². The molecule has 2 rings (SSSR count). The number of sulfonamides is 1. The van der Waals surface area contributed by atoms with Crippen molar-refractivity contribution in [2.24, 2.45) is 0 Å². The van der Waals surface area contributed by atoms with E-state index in [1.165, 1.54) is 19.9 Å². The van der Waals surface area contributed by atoms with Crippen molar-refractivity contribution in [3.63, 3.8) is 0 Å². The van der Waals surface area contributed by atoms with E-state index in [-0.39, 0.29) is 27.5 Å². The number of nitrogens with two attached hydrogens (primary N) is 1. The molecule has 0 saturated heterocycles. The molecule has 0 aliphatic carbocycles. The Bertz CT molecular complexity index is 768. The van der Waals surface area contributed by atoms with Gasteiger partial charge in [-0.2, -0.15) is 0 Å². The maximum absolute atomic E-state index is 13.5. The minimum atomic E-state index is -3.92. The van der Waals surface area contributed by atoms with Gasteiger partial charge in [0.1, 0.15) is 11.6 Å². The molecule has 0 radical (unpaired) electrons. The second kappa shape index (κ2) is 4.78. The molecule has 108 valence electrons. The Morgan fingerprint density at radius 1 is 1.30 bits per heavy atom. The molecule has 2 aromatic rings. The van der Waals surface area contributed by atoms with Crippen LogP contribution in [0, 0.1) is 26.6 Å². The number of aromatic nitrogens is 1. The second-order valence-electron chi connectivity index (χ2n) is 4.47. The van der Waals surface area contributed by atoms with E-state index in [1.807, 2.05) is 0 Å². The van der Waals surface area contributed by atoms with E-state index >= 15 is 0 Å². The van der Waals surface area contributed by atoms with Crippen LogP contribution in [-0.2, 0) is 10.0 Å². The van der Waals surface area contributed by atoms with Crippen LogP contribution >= 0.6 is 0 Å². The molecule has 0 atom stereocenters. The maximum Gasteiger partial charge on any atom is 0.263 e. The Labute approximate surface area is 115 Å². The number of nitrogen functional groups attached to an aromatic ring is 1. The highest BCUT2D eigenvalue weighted by Crippen LogP contribution is 2.28. The summed E-state index contributed by atoms with van der Waals surface area (Å²) in [5.41, 5.74) is 5.78. The molecule has 0 aliphatic heterocycles. The van der Waals surface area contributed by atoms with Gasteiger partial charge in [-0.1, -0.05) is 5.16 Å². The monoisotopic (exact) mass is 299 g/mol. The molecular formula is C12H14FN3O3S. The third-order valence-corrected chi connectivity index (χ3v) is 4.48. The molecule has 1 aromatic carbocycles. The van der Waals surface area contributed by atoms with Gasteiger partial charge in [0.25, 0.3) is 10.0 Å². The summed E-state index contributed by atoms with van der Waals surface area (Å²) >= 11 is 0. The molecule has 0 saturated carbocycles. The van der Waals surface area contributed by atoms with Crippen LogP contribution < -0.4 is 10.5 Å². The molecule has 0 amide bonds. The fraction of sp³-hybridized carbons (Fsp3) is 0.250. The van der Waals surface area contributed by atoms with Crippen molar-refractivity contribution in [2.45, 2.75) is 25.7 Å². The molecular weight excluding hydrogens is 285 g/mol. The molecule has 1 aromatic heterocycles.